The van der Waals surface area contributed by atoms with Crippen molar-refractivity contribution in [2.45, 2.75) is 38.9 Å². The Morgan fingerprint density at radius 3 is 2.26 bits per heavy atom. The standard InChI is InChI=1S/C16H22BNO5/c1-15(2)16(3,4)23-17(22-15)12(9-18)7-10-5-6-11(14(20)21)8-13(10)19/h5-8,19H,9,18H2,1-4H3,(H,20,21). The zero-order valence-corrected chi connectivity index (χ0v) is 13.8. The average molecular weight is 319 g/mol. The lowest BCUT2D eigenvalue weighted by Gasteiger charge is -2.32. The Labute approximate surface area is 136 Å². The number of phenols is 1. The second-order valence-electron chi connectivity index (χ2n) is 6.59. The SMILES string of the molecule is CC1(C)OB(C(=Cc2ccc(C(=O)O)cc2O)CN)OC1(C)C. The second-order valence-corrected chi connectivity index (χ2v) is 6.59. The molecule has 0 atom stereocenters. The Hall–Kier alpha value is -1.83. The van der Waals surface area contributed by atoms with Crippen LogP contribution in [0.25, 0.3) is 6.08 Å². The van der Waals surface area contributed by atoms with E-state index < -0.39 is 24.3 Å². The van der Waals surface area contributed by atoms with Gasteiger partial charge in [0.2, 0.25) is 0 Å². The molecule has 1 aliphatic rings. The van der Waals surface area contributed by atoms with Crippen molar-refractivity contribution in [1.82, 2.24) is 0 Å². The molecular formula is C16H22BNO5. The summed E-state index contributed by atoms with van der Waals surface area (Å²) in [6.07, 6.45) is 1.67. The van der Waals surface area contributed by atoms with Gasteiger partial charge >= 0.3 is 13.1 Å². The first-order valence-corrected chi connectivity index (χ1v) is 7.40. The molecule has 1 aromatic rings. The van der Waals surface area contributed by atoms with Crippen molar-refractivity contribution in [2.75, 3.05) is 6.54 Å². The van der Waals surface area contributed by atoms with E-state index in [4.69, 9.17) is 20.1 Å². The highest BCUT2D eigenvalue weighted by Crippen LogP contribution is 2.38. The summed E-state index contributed by atoms with van der Waals surface area (Å²) in [4.78, 5) is 10.9. The minimum Gasteiger partial charge on any atom is -0.507 e. The van der Waals surface area contributed by atoms with E-state index in [0.29, 0.717) is 11.0 Å². The van der Waals surface area contributed by atoms with Crippen LogP contribution >= 0.6 is 0 Å². The van der Waals surface area contributed by atoms with Gasteiger partial charge in [0, 0.05) is 12.1 Å². The summed E-state index contributed by atoms with van der Waals surface area (Å²) in [5, 5.41) is 18.9. The number of carboxylic acid groups (broad SMARTS) is 1. The topological polar surface area (TPSA) is 102 Å². The number of aromatic hydroxyl groups is 1. The molecule has 1 fully saturated rings. The van der Waals surface area contributed by atoms with Gasteiger partial charge in [0.1, 0.15) is 5.75 Å². The lowest BCUT2D eigenvalue weighted by atomic mass is 9.77. The number of phenolic OH excluding ortho intramolecular Hbond substituents is 1. The zero-order chi connectivity index (χ0) is 17.4. The summed E-state index contributed by atoms with van der Waals surface area (Å²) in [5.74, 6) is -1.23. The smallest absolute Gasteiger partial charge is 0.491 e. The molecule has 6 nitrogen and oxygen atoms in total. The van der Waals surface area contributed by atoms with Gasteiger partial charge in [-0.05, 0) is 45.3 Å². The van der Waals surface area contributed by atoms with E-state index in [0.717, 1.165) is 0 Å². The molecule has 1 saturated heterocycles. The van der Waals surface area contributed by atoms with E-state index in [1.165, 1.54) is 18.2 Å². The Morgan fingerprint density at radius 2 is 1.83 bits per heavy atom. The number of hydrogen-bond acceptors (Lipinski definition) is 5. The van der Waals surface area contributed by atoms with Crippen LogP contribution in [-0.2, 0) is 9.31 Å². The second kappa shape index (κ2) is 6.00. The first-order valence-electron chi connectivity index (χ1n) is 7.40. The molecular weight excluding hydrogens is 297 g/mol. The van der Waals surface area contributed by atoms with Crippen molar-refractivity contribution < 1.29 is 24.3 Å². The number of carboxylic acids is 1. The Balaban J connectivity index is 2.32. The summed E-state index contributed by atoms with van der Waals surface area (Å²) in [6, 6.07) is 4.15. The summed E-state index contributed by atoms with van der Waals surface area (Å²) in [7, 11) is -0.608. The normalized spacial score (nSPS) is 19.9. The van der Waals surface area contributed by atoms with Gasteiger partial charge < -0.3 is 25.3 Å². The van der Waals surface area contributed by atoms with Crippen molar-refractivity contribution in [3.63, 3.8) is 0 Å². The lowest BCUT2D eigenvalue weighted by Crippen LogP contribution is -2.41. The van der Waals surface area contributed by atoms with Crippen LogP contribution in [0.3, 0.4) is 0 Å². The van der Waals surface area contributed by atoms with Gasteiger partial charge in [-0.1, -0.05) is 12.1 Å². The fraction of sp³-hybridized carbons (Fsp3) is 0.438. The number of aromatic carboxylic acids is 1. The minimum absolute atomic E-state index is 0.0181. The predicted octanol–water partition coefficient (Wildman–Crippen LogP) is 2.06. The molecule has 1 aromatic carbocycles. The first-order chi connectivity index (χ1) is 10.6. The lowest BCUT2D eigenvalue weighted by molar-refractivity contribution is 0.00578. The van der Waals surface area contributed by atoms with Crippen LogP contribution in [0.4, 0.5) is 0 Å². The molecule has 2 rings (SSSR count). The van der Waals surface area contributed by atoms with Gasteiger partial charge in [0.05, 0.1) is 16.8 Å². The van der Waals surface area contributed by atoms with E-state index >= 15 is 0 Å². The maximum Gasteiger partial charge on any atom is 0.491 e. The van der Waals surface area contributed by atoms with Gasteiger partial charge in [-0.15, -0.1) is 0 Å². The van der Waals surface area contributed by atoms with E-state index in [1.54, 1.807) is 6.08 Å². The van der Waals surface area contributed by atoms with Crippen LogP contribution in [0.15, 0.2) is 23.7 Å². The number of benzene rings is 1. The third-order valence-electron chi connectivity index (χ3n) is 4.41. The van der Waals surface area contributed by atoms with Gasteiger partial charge in [-0.3, -0.25) is 0 Å². The summed E-state index contributed by atoms with van der Waals surface area (Å²) in [5.41, 5.74) is 5.98. The molecule has 0 saturated carbocycles. The van der Waals surface area contributed by atoms with E-state index in [-0.39, 0.29) is 17.9 Å². The van der Waals surface area contributed by atoms with E-state index in [1.807, 2.05) is 27.7 Å². The Bertz CT molecular complexity index is 638. The highest BCUT2D eigenvalue weighted by molar-refractivity contribution is 6.55. The van der Waals surface area contributed by atoms with Gasteiger partial charge in [0.25, 0.3) is 0 Å². The molecule has 0 unspecified atom stereocenters. The number of nitrogens with two attached hydrogens (primary N) is 1. The third-order valence-corrected chi connectivity index (χ3v) is 4.41. The van der Waals surface area contributed by atoms with Crippen molar-refractivity contribution in [1.29, 1.82) is 0 Å². The molecule has 0 aromatic heterocycles. The van der Waals surface area contributed by atoms with Crippen LogP contribution in [0.2, 0.25) is 0 Å². The Kier molecular flexibility index (Phi) is 4.57. The molecule has 0 aliphatic carbocycles. The third kappa shape index (κ3) is 3.42. The van der Waals surface area contributed by atoms with Crippen molar-refractivity contribution in [3.8, 4) is 5.75 Å². The van der Waals surface area contributed by atoms with Crippen molar-refractivity contribution in [3.05, 3.63) is 34.8 Å². The highest BCUT2D eigenvalue weighted by Gasteiger charge is 2.52. The summed E-state index contributed by atoms with van der Waals surface area (Å²) in [6.45, 7) is 7.97. The van der Waals surface area contributed by atoms with Gasteiger partial charge in [-0.2, -0.15) is 0 Å². The fourth-order valence-electron chi connectivity index (χ4n) is 2.22. The molecule has 0 spiro atoms. The molecule has 4 N–H and O–H groups in total. The van der Waals surface area contributed by atoms with Crippen LogP contribution in [0.1, 0.15) is 43.6 Å². The molecule has 124 valence electrons. The monoisotopic (exact) mass is 319 g/mol. The predicted molar refractivity (Wildman–Crippen MR) is 88.2 cm³/mol. The van der Waals surface area contributed by atoms with Crippen LogP contribution in [0, 0.1) is 0 Å². The quantitative estimate of drug-likeness (QED) is 0.734. The molecule has 1 aliphatic heterocycles. The molecule has 0 bridgehead atoms. The summed E-state index contributed by atoms with van der Waals surface area (Å²) < 4.78 is 11.9. The number of carbonyl (C=O) groups is 1. The summed E-state index contributed by atoms with van der Waals surface area (Å²) >= 11 is 0. The van der Waals surface area contributed by atoms with Crippen LogP contribution in [-0.4, -0.2) is 41.0 Å². The van der Waals surface area contributed by atoms with Gasteiger partial charge in [0.15, 0.2) is 0 Å². The van der Waals surface area contributed by atoms with Crippen LogP contribution < -0.4 is 5.73 Å². The maximum atomic E-state index is 10.9. The minimum atomic E-state index is -1.10. The molecule has 23 heavy (non-hydrogen) atoms. The van der Waals surface area contributed by atoms with E-state index in [2.05, 4.69) is 0 Å². The molecule has 0 radical (unpaired) electrons. The van der Waals surface area contributed by atoms with Gasteiger partial charge in [-0.25, -0.2) is 4.79 Å². The molecule has 7 heteroatoms. The van der Waals surface area contributed by atoms with E-state index in [9.17, 15) is 9.90 Å². The zero-order valence-electron chi connectivity index (χ0n) is 13.8. The number of rotatable bonds is 4. The van der Waals surface area contributed by atoms with Crippen molar-refractivity contribution in [2.24, 2.45) is 5.73 Å². The fourth-order valence-corrected chi connectivity index (χ4v) is 2.22. The maximum absolute atomic E-state index is 10.9. The first kappa shape index (κ1) is 17.5. The largest absolute Gasteiger partial charge is 0.507 e. The molecule has 1 heterocycles. The van der Waals surface area contributed by atoms with Crippen LogP contribution in [0.5, 0.6) is 5.75 Å². The van der Waals surface area contributed by atoms with Crippen molar-refractivity contribution >= 4 is 19.2 Å². The highest BCUT2D eigenvalue weighted by atomic mass is 16.7. The molecule has 0 amide bonds. The Morgan fingerprint density at radius 1 is 1.26 bits per heavy atom. The average Bonchev–Trinajstić information content (AvgIpc) is 2.65. The number of hydrogen-bond donors (Lipinski definition) is 3.